The molecular weight excluding hydrogens is 222 g/mol. The highest BCUT2D eigenvalue weighted by Crippen LogP contribution is 2.42. The van der Waals surface area contributed by atoms with Gasteiger partial charge in [0.05, 0.1) is 0 Å². The van der Waals surface area contributed by atoms with Gasteiger partial charge < -0.3 is 5.32 Å². The first kappa shape index (κ1) is 15.2. The summed E-state index contributed by atoms with van der Waals surface area (Å²) in [7, 11) is -0.934. The van der Waals surface area contributed by atoms with E-state index >= 15 is 0 Å². The van der Waals surface area contributed by atoms with Crippen molar-refractivity contribution in [2.45, 2.75) is 71.6 Å². The van der Waals surface area contributed by atoms with Crippen LogP contribution in [0.25, 0.3) is 0 Å². The number of nitrogens with one attached hydrogen (secondary N) is 1. The Kier molecular flexibility index (Phi) is 5.71. The molecule has 1 fully saturated rings. The Bertz CT molecular complexity index is 211. The van der Waals surface area contributed by atoms with E-state index in [1.54, 1.807) is 0 Å². The predicted octanol–water partition coefficient (Wildman–Crippen LogP) is 4.52. The van der Waals surface area contributed by atoms with Gasteiger partial charge in [-0.15, -0.1) is 0 Å². The summed E-state index contributed by atoms with van der Waals surface area (Å²) in [5.41, 5.74) is 0.650. The molecule has 1 N–H and O–H groups in total. The van der Waals surface area contributed by atoms with Crippen LogP contribution in [0, 0.1) is 11.3 Å². The summed E-state index contributed by atoms with van der Waals surface area (Å²) in [6, 6.07) is 1.52. The van der Waals surface area contributed by atoms with E-state index in [0.29, 0.717) is 5.41 Å². The number of rotatable bonds is 6. The fourth-order valence-electron chi connectivity index (χ4n) is 3.47. The van der Waals surface area contributed by atoms with Gasteiger partial charge in [0.2, 0.25) is 0 Å². The van der Waals surface area contributed by atoms with Gasteiger partial charge in [0, 0.05) is 14.6 Å². The van der Waals surface area contributed by atoms with Gasteiger partial charge in [0.25, 0.3) is 0 Å². The Morgan fingerprint density at radius 3 is 2.12 bits per heavy atom. The summed E-state index contributed by atoms with van der Waals surface area (Å²) in [6.45, 7) is 14.7. The molecule has 102 valence electrons. The van der Waals surface area contributed by atoms with Gasteiger partial charge in [-0.25, -0.2) is 0 Å². The van der Waals surface area contributed by atoms with Crippen LogP contribution < -0.4 is 5.32 Å². The van der Waals surface area contributed by atoms with Crippen LogP contribution in [-0.2, 0) is 0 Å². The van der Waals surface area contributed by atoms with E-state index in [4.69, 9.17) is 0 Å². The van der Waals surface area contributed by atoms with Gasteiger partial charge in [-0.1, -0.05) is 58.8 Å². The largest absolute Gasteiger partial charge is 0.316 e. The summed E-state index contributed by atoms with van der Waals surface area (Å²) in [5, 5.41) is 3.74. The highest BCUT2D eigenvalue weighted by atomic mass is 28.3. The molecule has 0 atom stereocenters. The van der Waals surface area contributed by atoms with Crippen molar-refractivity contribution in [1.82, 2.24) is 5.32 Å². The lowest BCUT2D eigenvalue weighted by Gasteiger charge is -2.41. The van der Waals surface area contributed by atoms with Crippen LogP contribution in [0.5, 0.6) is 0 Å². The van der Waals surface area contributed by atoms with E-state index in [0.717, 1.165) is 5.92 Å². The second kappa shape index (κ2) is 6.37. The number of hydrogen-bond donors (Lipinski definition) is 1. The van der Waals surface area contributed by atoms with Crippen LogP contribution in [0.2, 0.25) is 25.7 Å². The van der Waals surface area contributed by atoms with Crippen molar-refractivity contribution in [2.24, 2.45) is 11.3 Å². The highest BCUT2D eigenvalue weighted by Gasteiger charge is 2.35. The van der Waals surface area contributed by atoms with E-state index in [-0.39, 0.29) is 0 Å². The molecule has 0 amide bonds. The Labute approximate surface area is 110 Å². The van der Waals surface area contributed by atoms with Gasteiger partial charge in [0.15, 0.2) is 0 Å². The van der Waals surface area contributed by atoms with Crippen molar-refractivity contribution in [3.05, 3.63) is 0 Å². The van der Waals surface area contributed by atoms with Crippen LogP contribution in [0.3, 0.4) is 0 Å². The first-order valence-electron chi connectivity index (χ1n) is 7.54. The molecule has 0 aliphatic heterocycles. The van der Waals surface area contributed by atoms with Crippen LogP contribution in [0.15, 0.2) is 0 Å². The molecule has 0 saturated heterocycles. The molecule has 0 bridgehead atoms. The zero-order valence-corrected chi connectivity index (χ0v) is 13.7. The normalized spacial score (nSPS) is 20.8. The molecule has 0 aromatic carbocycles. The highest BCUT2D eigenvalue weighted by molar-refractivity contribution is 6.76. The predicted molar refractivity (Wildman–Crippen MR) is 81.4 cm³/mol. The molecular formula is C15H33NSi. The molecule has 1 rings (SSSR count). The lowest BCUT2D eigenvalue weighted by Crippen LogP contribution is -2.42. The molecule has 1 aliphatic carbocycles. The molecule has 0 aromatic heterocycles. The minimum atomic E-state index is -0.934. The van der Waals surface area contributed by atoms with Crippen LogP contribution >= 0.6 is 0 Å². The van der Waals surface area contributed by atoms with Crippen molar-refractivity contribution in [3.63, 3.8) is 0 Å². The smallest absolute Gasteiger partial charge is 0.0448 e. The Morgan fingerprint density at radius 1 is 1.06 bits per heavy atom. The second-order valence-electron chi connectivity index (χ2n) is 7.82. The number of hydrogen-bond acceptors (Lipinski definition) is 1. The third-order valence-corrected chi connectivity index (χ3v) is 5.68. The average Bonchev–Trinajstić information content (AvgIpc) is 2.15. The zero-order chi connectivity index (χ0) is 12.9. The van der Waals surface area contributed by atoms with E-state index in [1.807, 2.05) is 0 Å². The minimum Gasteiger partial charge on any atom is -0.316 e. The minimum absolute atomic E-state index is 0.650. The Hall–Kier alpha value is 0.177. The third-order valence-electron chi connectivity index (χ3n) is 3.87. The van der Waals surface area contributed by atoms with Crippen molar-refractivity contribution < 1.29 is 0 Å². The first-order chi connectivity index (χ1) is 7.83. The zero-order valence-electron chi connectivity index (χ0n) is 12.7. The second-order valence-corrected chi connectivity index (χ2v) is 13.3. The molecule has 1 saturated carbocycles. The summed E-state index contributed by atoms with van der Waals surface area (Å²) < 4.78 is 0. The Morgan fingerprint density at radius 2 is 1.65 bits per heavy atom. The standard InChI is InChI=1S/C15H33NSi/c1-14(2)11-16-12-15(13-17(3,4)5)9-7-6-8-10-15/h14,16H,6-13H2,1-5H3. The molecule has 1 nitrogen and oxygen atoms in total. The fourth-order valence-corrected chi connectivity index (χ4v) is 6.20. The Balaban J connectivity index is 2.52. The maximum atomic E-state index is 3.74. The molecule has 0 spiro atoms. The van der Waals surface area contributed by atoms with E-state index < -0.39 is 8.07 Å². The van der Waals surface area contributed by atoms with Crippen molar-refractivity contribution in [2.75, 3.05) is 13.1 Å². The van der Waals surface area contributed by atoms with Gasteiger partial charge in [-0.05, 0) is 30.7 Å². The van der Waals surface area contributed by atoms with Crippen LogP contribution in [0.4, 0.5) is 0 Å². The van der Waals surface area contributed by atoms with Crippen LogP contribution in [-0.4, -0.2) is 21.2 Å². The van der Waals surface area contributed by atoms with Gasteiger partial charge in [-0.3, -0.25) is 0 Å². The molecule has 1 aliphatic rings. The van der Waals surface area contributed by atoms with Gasteiger partial charge in [-0.2, -0.15) is 0 Å². The van der Waals surface area contributed by atoms with Crippen molar-refractivity contribution in [1.29, 1.82) is 0 Å². The maximum absolute atomic E-state index is 3.74. The topological polar surface area (TPSA) is 12.0 Å². The molecule has 0 unspecified atom stereocenters. The molecule has 17 heavy (non-hydrogen) atoms. The summed E-state index contributed by atoms with van der Waals surface area (Å²) in [4.78, 5) is 0. The summed E-state index contributed by atoms with van der Waals surface area (Å²) in [6.07, 6.45) is 7.35. The van der Waals surface area contributed by atoms with Gasteiger partial charge >= 0.3 is 0 Å². The molecule has 0 aromatic rings. The summed E-state index contributed by atoms with van der Waals surface area (Å²) >= 11 is 0. The lowest BCUT2D eigenvalue weighted by molar-refractivity contribution is 0.203. The molecule has 2 heteroatoms. The lowest BCUT2D eigenvalue weighted by atomic mass is 9.75. The summed E-state index contributed by atoms with van der Waals surface area (Å²) in [5.74, 6) is 0.780. The van der Waals surface area contributed by atoms with Gasteiger partial charge in [0.1, 0.15) is 0 Å². The maximum Gasteiger partial charge on any atom is 0.0448 e. The fraction of sp³-hybridized carbons (Fsp3) is 1.00. The average molecular weight is 256 g/mol. The van der Waals surface area contributed by atoms with E-state index in [1.165, 1.54) is 51.2 Å². The monoisotopic (exact) mass is 255 g/mol. The molecule has 0 radical (unpaired) electrons. The van der Waals surface area contributed by atoms with Crippen molar-refractivity contribution >= 4 is 8.07 Å². The molecule has 0 heterocycles. The quantitative estimate of drug-likeness (QED) is 0.688. The van der Waals surface area contributed by atoms with Crippen LogP contribution in [0.1, 0.15) is 46.0 Å². The third kappa shape index (κ3) is 6.05. The SMILES string of the molecule is CC(C)CNCC1(C[Si](C)(C)C)CCCCC1. The van der Waals surface area contributed by atoms with E-state index in [9.17, 15) is 0 Å². The first-order valence-corrected chi connectivity index (χ1v) is 11.2. The van der Waals surface area contributed by atoms with E-state index in [2.05, 4.69) is 38.8 Å². The van der Waals surface area contributed by atoms with Crippen molar-refractivity contribution in [3.8, 4) is 0 Å².